The number of aromatic nitrogens is 1. The summed E-state index contributed by atoms with van der Waals surface area (Å²) in [6.07, 6.45) is 0.994. The Hall–Kier alpha value is -4.26. The smallest absolute Gasteiger partial charge is 0.341 e. The Labute approximate surface area is 169 Å². The molecule has 0 fully saturated rings. The molecular formula is C23H15FN2O4. The maximum Gasteiger partial charge on any atom is 0.341 e. The van der Waals surface area contributed by atoms with Crippen LogP contribution >= 0.6 is 0 Å². The van der Waals surface area contributed by atoms with Crippen LogP contribution in [0.2, 0.25) is 0 Å². The molecule has 0 aliphatic carbocycles. The van der Waals surface area contributed by atoms with Crippen LogP contribution in [0.25, 0.3) is 22.0 Å². The number of carbonyl (C=O) groups excluding carboxylic acids is 1. The topological polar surface area (TPSA) is 88.4 Å². The highest BCUT2D eigenvalue weighted by atomic mass is 19.1. The first-order chi connectivity index (χ1) is 14.5. The molecular weight excluding hydrogens is 387 g/mol. The predicted molar refractivity (Wildman–Crippen MR) is 111 cm³/mol. The maximum atomic E-state index is 14.3. The summed E-state index contributed by atoms with van der Waals surface area (Å²) in [5.74, 6) is -1.87. The third-order valence-corrected chi connectivity index (χ3v) is 4.69. The number of carbonyl (C=O) groups is 2. The van der Waals surface area contributed by atoms with Crippen molar-refractivity contribution in [3.63, 3.8) is 0 Å². The van der Waals surface area contributed by atoms with Crippen LogP contribution in [0.4, 0.5) is 14.9 Å². The first-order valence-corrected chi connectivity index (χ1v) is 9.00. The number of aromatic carboxylic acids is 1. The summed E-state index contributed by atoms with van der Waals surface area (Å²) in [6.45, 7) is 0. The first kappa shape index (κ1) is 19.1. The van der Waals surface area contributed by atoms with E-state index in [0.717, 1.165) is 10.8 Å². The quantitative estimate of drug-likeness (QED) is 0.525. The lowest BCUT2D eigenvalue weighted by Crippen LogP contribution is -2.25. The lowest BCUT2D eigenvalue weighted by atomic mass is 10.0. The van der Waals surface area contributed by atoms with Crippen molar-refractivity contribution >= 4 is 28.6 Å². The molecule has 0 aliphatic heterocycles. The summed E-state index contributed by atoms with van der Waals surface area (Å²) in [4.78, 5) is 36.9. The molecule has 0 bridgehead atoms. The van der Waals surface area contributed by atoms with Crippen LogP contribution in [0, 0.1) is 5.82 Å². The molecule has 0 spiro atoms. The molecule has 4 aromatic rings. The second-order valence-corrected chi connectivity index (χ2v) is 6.52. The Kier molecular flexibility index (Phi) is 4.85. The molecule has 6 nitrogen and oxygen atoms in total. The number of hydrogen-bond acceptors (Lipinski definition) is 3. The van der Waals surface area contributed by atoms with Crippen molar-refractivity contribution in [2.24, 2.45) is 0 Å². The van der Waals surface area contributed by atoms with E-state index in [2.05, 4.69) is 5.32 Å². The van der Waals surface area contributed by atoms with E-state index in [1.807, 2.05) is 0 Å². The number of halogens is 1. The summed E-state index contributed by atoms with van der Waals surface area (Å²) in [7, 11) is 0. The zero-order valence-electron chi connectivity index (χ0n) is 15.5. The first-order valence-electron chi connectivity index (χ1n) is 9.00. The number of amides is 1. The predicted octanol–water partition coefficient (Wildman–Crippen LogP) is 4.59. The van der Waals surface area contributed by atoms with E-state index in [9.17, 15) is 23.9 Å². The molecule has 1 aromatic heterocycles. The SMILES string of the molecule is O=C(O)c1cn(C(=O)Nc2ccccc2-c2ccccc2F)c2ccccc2c1=O. The van der Waals surface area contributed by atoms with Crippen LogP contribution in [-0.4, -0.2) is 21.7 Å². The summed E-state index contributed by atoms with van der Waals surface area (Å²) >= 11 is 0. The van der Waals surface area contributed by atoms with Crippen LogP contribution in [0.5, 0.6) is 0 Å². The van der Waals surface area contributed by atoms with Crippen LogP contribution in [0.1, 0.15) is 10.4 Å². The second kappa shape index (κ2) is 7.63. The zero-order valence-corrected chi connectivity index (χ0v) is 15.5. The molecule has 1 heterocycles. The number of hydrogen-bond donors (Lipinski definition) is 2. The van der Waals surface area contributed by atoms with Gasteiger partial charge in [-0.3, -0.25) is 9.36 Å². The van der Waals surface area contributed by atoms with E-state index in [1.165, 1.54) is 12.1 Å². The molecule has 1 amide bonds. The molecule has 3 aromatic carbocycles. The van der Waals surface area contributed by atoms with Crippen molar-refractivity contribution in [2.75, 3.05) is 5.32 Å². The van der Waals surface area contributed by atoms with Gasteiger partial charge in [-0.25, -0.2) is 14.0 Å². The standard InChI is InChI=1S/C23H15FN2O4/c24-18-10-4-1-7-14(18)15-8-2-5-11-19(15)25-23(30)26-13-17(22(28)29)21(27)16-9-3-6-12-20(16)26/h1-13H,(H,25,30)(H,28,29). The van der Waals surface area contributed by atoms with Crippen molar-refractivity contribution < 1.29 is 19.1 Å². The molecule has 30 heavy (non-hydrogen) atoms. The normalized spacial score (nSPS) is 10.7. The molecule has 0 saturated carbocycles. The number of rotatable bonds is 3. The second-order valence-electron chi connectivity index (χ2n) is 6.52. The lowest BCUT2D eigenvalue weighted by Gasteiger charge is -2.15. The number of para-hydroxylation sites is 2. The van der Waals surface area contributed by atoms with Gasteiger partial charge < -0.3 is 10.4 Å². The van der Waals surface area contributed by atoms with Gasteiger partial charge in [0.05, 0.1) is 11.2 Å². The van der Waals surface area contributed by atoms with Gasteiger partial charge in [-0.1, -0.05) is 48.5 Å². The van der Waals surface area contributed by atoms with Crippen molar-refractivity contribution in [1.82, 2.24) is 4.57 Å². The molecule has 0 radical (unpaired) electrons. The highest BCUT2D eigenvalue weighted by molar-refractivity contribution is 6.02. The van der Waals surface area contributed by atoms with Gasteiger partial charge in [0.2, 0.25) is 5.43 Å². The van der Waals surface area contributed by atoms with Gasteiger partial charge in [0, 0.05) is 22.7 Å². The largest absolute Gasteiger partial charge is 0.477 e. The average Bonchev–Trinajstić information content (AvgIpc) is 2.75. The Morgan fingerprint density at radius 2 is 1.50 bits per heavy atom. The van der Waals surface area contributed by atoms with Crippen molar-refractivity contribution in [1.29, 1.82) is 0 Å². The van der Waals surface area contributed by atoms with Crippen molar-refractivity contribution in [3.05, 3.63) is 101 Å². The third kappa shape index (κ3) is 3.33. The van der Waals surface area contributed by atoms with Gasteiger partial charge in [-0.15, -0.1) is 0 Å². The van der Waals surface area contributed by atoms with E-state index in [-0.39, 0.29) is 10.9 Å². The maximum absolute atomic E-state index is 14.3. The lowest BCUT2D eigenvalue weighted by molar-refractivity contribution is 0.0695. The van der Waals surface area contributed by atoms with Crippen LogP contribution in [-0.2, 0) is 0 Å². The van der Waals surface area contributed by atoms with E-state index < -0.39 is 28.8 Å². The number of fused-ring (bicyclic) bond motifs is 1. The number of nitrogens with one attached hydrogen (secondary N) is 1. The van der Waals surface area contributed by atoms with Crippen molar-refractivity contribution in [2.45, 2.75) is 0 Å². The Morgan fingerprint density at radius 1 is 0.867 bits per heavy atom. The minimum Gasteiger partial charge on any atom is -0.477 e. The fourth-order valence-electron chi connectivity index (χ4n) is 3.28. The number of carboxylic acids is 1. The highest BCUT2D eigenvalue weighted by Crippen LogP contribution is 2.30. The van der Waals surface area contributed by atoms with Gasteiger partial charge in [0.25, 0.3) is 0 Å². The van der Waals surface area contributed by atoms with E-state index in [4.69, 9.17) is 0 Å². The van der Waals surface area contributed by atoms with Crippen LogP contribution in [0.3, 0.4) is 0 Å². The Bertz CT molecular complexity index is 1360. The monoisotopic (exact) mass is 402 g/mol. The fraction of sp³-hybridized carbons (Fsp3) is 0. The molecule has 0 atom stereocenters. The van der Waals surface area contributed by atoms with Crippen LogP contribution in [0.15, 0.2) is 83.8 Å². The molecule has 0 aliphatic rings. The molecule has 7 heteroatoms. The third-order valence-electron chi connectivity index (χ3n) is 4.69. The molecule has 148 valence electrons. The summed E-state index contributed by atoms with van der Waals surface area (Å²) < 4.78 is 15.4. The summed E-state index contributed by atoms with van der Waals surface area (Å²) in [6, 6.07) is 18.4. The molecule has 0 saturated heterocycles. The van der Waals surface area contributed by atoms with Crippen molar-refractivity contribution in [3.8, 4) is 11.1 Å². The number of anilines is 1. The number of benzene rings is 3. The minimum atomic E-state index is -1.43. The van der Waals surface area contributed by atoms with Crippen LogP contribution < -0.4 is 10.7 Å². The van der Waals surface area contributed by atoms with Gasteiger partial charge in [-0.2, -0.15) is 0 Å². The molecule has 0 unspecified atom stereocenters. The van der Waals surface area contributed by atoms with Gasteiger partial charge in [-0.05, 0) is 24.3 Å². The summed E-state index contributed by atoms with van der Waals surface area (Å²) in [5, 5.41) is 12.2. The Morgan fingerprint density at radius 3 is 2.23 bits per heavy atom. The number of pyridine rings is 1. The van der Waals surface area contributed by atoms with E-state index in [0.29, 0.717) is 16.8 Å². The number of nitrogens with zero attached hydrogens (tertiary/aromatic N) is 1. The Balaban J connectivity index is 1.83. The average molecular weight is 402 g/mol. The fourth-order valence-corrected chi connectivity index (χ4v) is 3.28. The van der Waals surface area contributed by atoms with E-state index >= 15 is 0 Å². The van der Waals surface area contributed by atoms with Gasteiger partial charge >= 0.3 is 12.0 Å². The number of carboxylic acid groups (broad SMARTS) is 1. The highest BCUT2D eigenvalue weighted by Gasteiger charge is 2.18. The van der Waals surface area contributed by atoms with Gasteiger partial charge in [0.1, 0.15) is 11.4 Å². The van der Waals surface area contributed by atoms with Gasteiger partial charge in [0.15, 0.2) is 0 Å². The molecule has 2 N–H and O–H groups in total. The minimum absolute atomic E-state index is 0.106. The van der Waals surface area contributed by atoms with E-state index in [1.54, 1.807) is 60.7 Å². The summed E-state index contributed by atoms with van der Waals surface area (Å²) in [5.41, 5.74) is 0.179. The zero-order chi connectivity index (χ0) is 21.3. The molecule has 4 rings (SSSR count).